The molecule has 0 atom stereocenters. The average molecular weight is 448 g/mol. The van der Waals surface area contributed by atoms with E-state index in [1.54, 1.807) is 0 Å². The molecule has 4 heteroatoms. The summed E-state index contributed by atoms with van der Waals surface area (Å²) < 4.78 is 2.37. The van der Waals surface area contributed by atoms with Crippen LogP contribution in [-0.2, 0) is 13.0 Å². The summed E-state index contributed by atoms with van der Waals surface area (Å²) in [5, 5.41) is 5.58. The molecule has 0 spiro atoms. The highest BCUT2D eigenvalue weighted by atomic mass is 16.1. The molecule has 1 amide bonds. The molecule has 0 radical (unpaired) electrons. The molecule has 0 saturated heterocycles. The maximum absolute atomic E-state index is 12.2. The van der Waals surface area contributed by atoms with Crippen molar-refractivity contribution in [2.75, 3.05) is 6.54 Å². The molecular weight excluding hydrogens is 418 g/mol. The number of para-hydroxylation sites is 2. The topological polar surface area (TPSA) is 46.9 Å². The second kappa shape index (κ2) is 10.3. The zero-order valence-electron chi connectivity index (χ0n) is 19.3. The van der Waals surface area contributed by atoms with Gasteiger partial charge in [-0.15, -0.1) is 0 Å². The molecule has 0 unspecified atom stereocenters. The molecule has 5 rings (SSSR count). The summed E-state index contributed by atoms with van der Waals surface area (Å²) in [6.07, 6.45) is 3.97. The molecule has 0 aliphatic rings. The van der Waals surface area contributed by atoms with Crippen molar-refractivity contribution in [2.45, 2.75) is 32.2 Å². The molecule has 1 N–H and O–H groups in total. The third kappa shape index (κ3) is 4.86. The van der Waals surface area contributed by atoms with E-state index in [0.717, 1.165) is 43.6 Å². The standard InChI is InChI=1S/C30H29N3O/c34-30(24-13-3-1-4-14-24)31-21-10-2-5-20-29-32-27-18-8-9-19-28(27)33(29)22-25-16-11-15-23-12-6-7-17-26(23)25/h1,3-4,6-9,11-19H,2,5,10,20-22H2,(H,31,34). The number of fused-ring (bicyclic) bond motifs is 2. The number of unbranched alkanes of at least 4 members (excludes halogenated alkanes) is 2. The first-order valence-electron chi connectivity index (χ1n) is 12.0. The molecular formula is C30H29N3O. The van der Waals surface area contributed by atoms with Gasteiger partial charge in [-0.05, 0) is 53.4 Å². The fourth-order valence-electron chi connectivity index (χ4n) is 4.57. The van der Waals surface area contributed by atoms with Crippen LogP contribution in [0, 0.1) is 0 Å². The summed E-state index contributed by atoms with van der Waals surface area (Å²) >= 11 is 0. The van der Waals surface area contributed by atoms with Gasteiger partial charge in [-0.1, -0.05) is 79.2 Å². The Morgan fingerprint density at radius 2 is 1.53 bits per heavy atom. The molecule has 0 aliphatic heterocycles. The number of nitrogens with one attached hydrogen (secondary N) is 1. The van der Waals surface area contributed by atoms with E-state index in [0.29, 0.717) is 12.1 Å². The van der Waals surface area contributed by atoms with Crippen LogP contribution in [0.1, 0.15) is 41.0 Å². The number of amides is 1. The van der Waals surface area contributed by atoms with Crippen LogP contribution in [-0.4, -0.2) is 22.0 Å². The van der Waals surface area contributed by atoms with Gasteiger partial charge in [0.1, 0.15) is 5.82 Å². The number of aryl methyl sites for hydroxylation is 1. The summed E-state index contributed by atoms with van der Waals surface area (Å²) in [7, 11) is 0. The van der Waals surface area contributed by atoms with E-state index >= 15 is 0 Å². The second-order valence-electron chi connectivity index (χ2n) is 8.67. The van der Waals surface area contributed by atoms with Gasteiger partial charge in [0.25, 0.3) is 5.91 Å². The molecule has 1 heterocycles. The van der Waals surface area contributed by atoms with Crippen LogP contribution in [0.5, 0.6) is 0 Å². The minimum atomic E-state index is -0.00233. The van der Waals surface area contributed by atoms with Crippen molar-refractivity contribution in [2.24, 2.45) is 0 Å². The van der Waals surface area contributed by atoms with E-state index in [9.17, 15) is 4.79 Å². The predicted octanol–water partition coefficient (Wildman–Crippen LogP) is 6.38. The number of nitrogens with zero attached hydrogens (tertiary/aromatic N) is 2. The van der Waals surface area contributed by atoms with Crippen molar-refractivity contribution in [1.82, 2.24) is 14.9 Å². The van der Waals surface area contributed by atoms with Crippen LogP contribution in [0.3, 0.4) is 0 Å². The lowest BCUT2D eigenvalue weighted by Gasteiger charge is -2.12. The minimum absolute atomic E-state index is 0.00233. The summed E-state index contributed by atoms with van der Waals surface area (Å²) in [5.41, 5.74) is 4.25. The highest BCUT2D eigenvalue weighted by Crippen LogP contribution is 2.24. The Morgan fingerprint density at radius 1 is 0.765 bits per heavy atom. The minimum Gasteiger partial charge on any atom is -0.352 e. The summed E-state index contributed by atoms with van der Waals surface area (Å²) in [4.78, 5) is 17.2. The van der Waals surface area contributed by atoms with Crippen LogP contribution >= 0.6 is 0 Å². The number of benzene rings is 4. The Bertz CT molecular complexity index is 1400. The molecule has 4 nitrogen and oxygen atoms in total. The van der Waals surface area contributed by atoms with Gasteiger partial charge in [0, 0.05) is 25.1 Å². The lowest BCUT2D eigenvalue weighted by atomic mass is 10.0. The average Bonchev–Trinajstić information content (AvgIpc) is 3.24. The Kier molecular flexibility index (Phi) is 6.66. The summed E-state index contributed by atoms with van der Waals surface area (Å²) in [6, 6.07) is 32.9. The third-order valence-corrected chi connectivity index (χ3v) is 6.34. The molecule has 1 aromatic heterocycles. The maximum atomic E-state index is 12.2. The van der Waals surface area contributed by atoms with E-state index in [1.807, 2.05) is 30.3 Å². The predicted molar refractivity (Wildman–Crippen MR) is 139 cm³/mol. The van der Waals surface area contributed by atoms with Crippen LogP contribution in [0.2, 0.25) is 0 Å². The summed E-state index contributed by atoms with van der Waals surface area (Å²) in [5.74, 6) is 1.12. The number of carbonyl (C=O) groups is 1. The lowest BCUT2D eigenvalue weighted by Crippen LogP contribution is -2.24. The molecule has 0 bridgehead atoms. The van der Waals surface area contributed by atoms with E-state index in [1.165, 1.54) is 21.9 Å². The van der Waals surface area contributed by atoms with Crippen molar-refractivity contribution in [3.8, 4) is 0 Å². The normalized spacial score (nSPS) is 11.2. The van der Waals surface area contributed by atoms with Crippen LogP contribution in [0.4, 0.5) is 0 Å². The molecule has 0 aliphatic carbocycles. The molecule has 4 aromatic carbocycles. The monoisotopic (exact) mass is 447 g/mol. The molecule has 170 valence electrons. The fourth-order valence-corrected chi connectivity index (χ4v) is 4.57. The largest absolute Gasteiger partial charge is 0.352 e. The Balaban J connectivity index is 1.24. The fraction of sp³-hybridized carbons (Fsp3) is 0.200. The van der Waals surface area contributed by atoms with Crippen molar-refractivity contribution in [3.05, 3.63) is 114 Å². The van der Waals surface area contributed by atoms with Crippen molar-refractivity contribution >= 4 is 27.7 Å². The van der Waals surface area contributed by atoms with Gasteiger partial charge in [-0.2, -0.15) is 0 Å². The van der Waals surface area contributed by atoms with Gasteiger partial charge in [0.2, 0.25) is 0 Å². The smallest absolute Gasteiger partial charge is 0.251 e. The van der Waals surface area contributed by atoms with Crippen molar-refractivity contribution < 1.29 is 4.79 Å². The highest BCUT2D eigenvalue weighted by molar-refractivity contribution is 5.94. The Hall–Kier alpha value is -3.92. The van der Waals surface area contributed by atoms with Gasteiger partial charge in [-0.25, -0.2) is 4.98 Å². The van der Waals surface area contributed by atoms with Crippen LogP contribution in [0.25, 0.3) is 21.8 Å². The lowest BCUT2D eigenvalue weighted by molar-refractivity contribution is 0.0953. The Labute approximate surface area is 200 Å². The number of carbonyl (C=O) groups excluding carboxylic acids is 1. The van der Waals surface area contributed by atoms with Crippen LogP contribution < -0.4 is 5.32 Å². The van der Waals surface area contributed by atoms with Crippen LogP contribution in [0.15, 0.2) is 97.1 Å². The number of imidazole rings is 1. The van der Waals surface area contributed by atoms with Gasteiger partial charge >= 0.3 is 0 Å². The molecule has 34 heavy (non-hydrogen) atoms. The maximum Gasteiger partial charge on any atom is 0.251 e. The van der Waals surface area contributed by atoms with Gasteiger partial charge < -0.3 is 9.88 Å². The van der Waals surface area contributed by atoms with Crippen molar-refractivity contribution in [3.63, 3.8) is 0 Å². The van der Waals surface area contributed by atoms with Crippen molar-refractivity contribution in [1.29, 1.82) is 0 Å². The van der Waals surface area contributed by atoms with E-state index in [4.69, 9.17) is 4.98 Å². The van der Waals surface area contributed by atoms with Gasteiger partial charge in [0.05, 0.1) is 11.0 Å². The summed E-state index contributed by atoms with van der Waals surface area (Å²) in [6.45, 7) is 1.50. The Morgan fingerprint density at radius 3 is 2.44 bits per heavy atom. The van der Waals surface area contributed by atoms with Gasteiger partial charge in [-0.3, -0.25) is 4.79 Å². The quantitative estimate of drug-likeness (QED) is 0.267. The molecule has 0 saturated carbocycles. The van der Waals surface area contributed by atoms with E-state index in [-0.39, 0.29) is 5.91 Å². The first kappa shape index (κ1) is 21.9. The van der Waals surface area contributed by atoms with E-state index < -0.39 is 0 Å². The first-order chi connectivity index (χ1) is 16.8. The number of aromatic nitrogens is 2. The molecule has 5 aromatic rings. The SMILES string of the molecule is O=C(NCCCCCc1nc2ccccc2n1Cc1cccc2ccccc12)c1ccccc1. The van der Waals surface area contributed by atoms with Gasteiger partial charge in [0.15, 0.2) is 0 Å². The number of rotatable bonds is 9. The highest BCUT2D eigenvalue weighted by Gasteiger charge is 2.12. The zero-order chi connectivity index (χ0) is 23.2. The third-order valence-electron chi connectivity index (χ3n) is 6.34. The second-order valence-corrected chi connectivity index (χ2v) is 8.67. The number of hydrogen-bond acceptors (Lipinski definition) is 2. The first-order valence-corrected chi connectivity index (χ1v) is 12.0. The number of hydrogen-bond donors (Lipinski definition) is 1. The molecule has 0 fully saturated rings. The zero-order valence-corrected chi connectivity index (χ0v) is 19.3. The van der Waals surface area contributed by atoms with E-state index in [2.05, 4.69) is 76.6 Å².